The van der Waals surface area contributed by atoms with E-state index in [0.29, 0.717) is 0 Å². The van der Waals surface area contributed by atoms with Gasteiger partial charge in [0.2, 0.25) is 0 Å². The lowest BCUT2D eigenvalue weighted by molar-refractivity contribution is 0.325. The second-order valence-electron chi connectivity index (χ2n) is 3.61. The highest BCUT2D eigenvalue weighted by Gasteiger charge is 2.01. The molecule has 14 heavy (non-hydrogen) atoms. The molecular formula is C10H20N4. The van der Waals surface area contributed by atoms with Gasteiger partial charge in [-0.2, -0.15) is 5.10 Å². The van der Waals surface area contributed by atoms with E-state index in [1.807, 2.05) is 17.9 Å². The van der Waals surface area contributed by atoms with E-state index in [0.717, 1.165) is 26.2 Å². The van der Waals surface area contributed by atoms with Gasteiger partial charge in [0.15, 0.2) is 0 Å². The zero-order valence-electron chi connectivity index (χ0n) is 9.32. The van der Waals surface area contributed by atoms with E-state index in [1.54, 1.807) is 0 Å². The number of rotatable bonds is 6. The Hall–Kier alpha value is -0.870. The highest BCUT2D eigenvalue weighted by Crippen LogP contribution is 1.99. The van der Waals surface area contributed by atoms with Crippen LogP contribution in [0.3, 0.4) is 0 Å². The summed E-state index contributed by atoms with van der Waals surface area (Å²) in [5.41, 5.74) is 1.27. The molecule has 1 heterocycles. The van der Waals surface area contributed by atoms with Crippen molar-refractivity contribution in [1.82, 2.24) is 20.0 Å². The number of likely N-dealkylation sites (N-methyl/N-ethyl adjacent to an activating group) is 2. The average Bonchev–Trinajstić information content (AvgIpc) is 2.52. The van der Waals surface area contributed by atoms with Gasteiger partial charge in [-0.3, -0.25) is 4.68 Å². The molecule has 0 saturated carbocycles. The minimum Gasteiger partial charge on any atom is -0.316 e. The van der Waals surface area contributed by atoms with Crippen LogP contribution in [0.25, 0.3) is 0 Å². The summed E-state index contributed by atoms with van der Waals surface area (Å²) in [5, 5.41) is 7.45. The van der Waals surface area contributed by atoms with Crippen LogP contribution in [0.2, 0.25) is 0 Å². The second kappa shape index (κ2) is 5.78. The molecule has 0 radical (unpaired) electrons. The van der Waals surface area contributed by atoms with Gasteiger partial charge in [0.1, 0.15) is 0 Å². The van der Waals surface area contributed by atoms with Crippen LogP contribution < -0.4 is 5.32 Å². The van der Waals surface area contributed by atoms with Gasteiger partial charge < -0.3 is 10.2 Å². The topological polar surface area (TPSA) is 33.1 Å². The van der Waals surface area contributed by atoms with Crippen molar-refractivity contribution < 1.29 is 0 Å². The first-order valence-corrected chi connectivity index (χ1v) is 5.09. The summed E-state index contributed by atoms with van der Waals surface area (Å²) in [6.45, 7) is 6.26. The van der Waals surface area contributed by atoms with Crippen molar-refractivity contribution in [1.29, 1.82) is 0 Å². The molecule has 0 bridgehead atoms. The Morgan fingerprint density at radius 3 is 2.93 bits per heavy atom. The summed E-state index contributed by atoms with van der Waals surface area (Å²) in [6, 6.07) is 0. The van der Waals surface area contributed by atoms with Gasteiger partial charge in [-0.25, -0.2) is 0 Å². The average molecular weight is 196 g/mol. The van der Waals surface area contributed by atoms with Crippen LogP contribution in [0.15, 0.2) is 12.4 Å². The van der Waals surface area contributed by atoms with Crippen molar-refractivity contribution in [3.8, 4) is 0 Å². The second-order valence-corrected chi connectivity index (χ2v) is 3.61. The molecule has 0 aliphatic heterocycles. The Kier molecular flexibility index (Phi) is 4.62. The lowest BCUT2D eigenvalue weighted by Gasteiger charge is -2.15. The Morgan fingerprint density at radius 2 is 2.36 bits per heavy atom. The van der Waals surface area contributed by atoms with Crippen LogP contribution >= 0.6 is 0 Å². The largest absolute Gasteiger partial charge is 0.316 e. The molecule has 0 aromatic carbocycles. The predicted molar refractivity (Wildman–Crippen MR) is 58.1 cm³/mol. The van der Waals surface area contributed by atoms with Crippen LogP contribution in [0.1, 0.15) is 12.5 Å². The Balaban J connectivity index is 2.23. The molecule has 0 atom stereocenters. The maximum atomic E-state index is 4.14. The minimum absolute atomic E-state index is 0.971. The lowest BCUT2D eigenvalue weighted by atomic mass is 10.3. The Bertz CT molecular complexity index is 256. The number of aromatic nitrogens is 2. The van der Waals surface area contributed by atoms with Gasteiger partial charge in [-0.05, 0) is 13.6 Å². The summed E-state index contributed by atoms with van der Waals surface area (Å²) >= 11 is 0. The van der Waals surface area contributed by atoms with Crippen LogP contribution in [0.5, 0.6) is 0 Å². The smallest absolute Gasteiger partial charge is 0.0534 e. The zero-order valence-corrected chi connectivity index (χ0v) is 9.32. The molecule has 0 amide bonds. The zero-order chi connectivity index (χ0) is 10.4. The maximum absolute atomic E-state index is 4.14. The van der Waals surface area contributed by atoms with Gasteiger partial charge in [0, 0.05) is 38.4 Å². The molecule has 4 heteroatoms. The van der Waals surface area contributed by atoms with Crippen molar-refractivity contribution >= 4 is 0 Å². The van der Waals surface area contributed by atoms with Crippen LogP contribution in [0, 0.1) is 0 Å². The summed E-state index contributed by atoms with van der Waals surface area (Å²) in [6.07, 6.45) is 3.98. The first-order chi connectivity index (χ1) is 6.72. The molecule has 0 spiro atoms. The highest BCUT2D eigenvalue weighted by molar-refractivity contribution is 5.02. The molecule has 0 unspecified atom stereocenters. The van der Waals surface area contributed by atoms with E-state index in [-0.39, 0.29) is 0 Å². The third-order valence-electron chi connectivity index (χ3n) is 2.13. The van der Waals surface area contributed by atoms with Crippen LogP contribution in [-0.2, 0) is 13.6 Å². The summed E-state index contributed by atoms with van der Waals surface area (Å²) < 4.78 is 1.84. The van der Waals surface area contributed by atoms with Crippen molar-refractivity contribution in [2.45, 2.75) is 13.5 Å². The van der Waals surface area contributed by atoms with Crippen LogP contribution in [-0.4, -0.2) is 41.4 Å². The van der Waals surface area contributed by atoms with E-state index in [1.165, 1.54) is 5.56 Å². The van der Waals surface area contributed by atoms with Crippen molar-refractivity contribution in [3.63, 3.8) is 0 Å². The molecule has 1 rings (SSSR count). The summed E-state index contributed by atoms with van der Waals surface area (Å²) in [5.74, 6) is 0. The normalized spacial score (nSPS) is 11.1. The SMILES string of the molecule is CCNCCN(C)Cc1cnn(C)c1. The van der Waals surface area contributed by atoms with E-state index in [9.17, 15) is 0 Å². The Labute approximate surface area is 85.9 Å². The Morgan fingerprint density at radius 1 is 1.57 bits per heavy atom. The quantitative estimate of drug-likeness (QED) is 0.671. The molecule has 0 aliphatic carbocycles. The monoisotopic (exact) mass is 196 g/mol. The molecule has 4 nitrogen and oxygen atoms in total. The van der Waals surface area contributed by atoms with Crippen molar-refractivity contribution in [3.05, 3.63) is 18.0 Å². The molecule has 1 N–H and O–H groups in total. The fourth-order valence-electron chi connectivity index (χ4n) is 1.39. The minimum atomic E-state index is 0.971. The first-order valence-electron chi connectivity index (χ1n) is 5.09. The summed E-state index contributed by atoms with van der Waals surface area (Å²) in [4.78, 5) is 2.29. The van der Waals surface area contributed by atoms with Crippen molar-refractivity contribution in [2.75, 3.05) is 26.7 Å². The first kappa shape index (κ1) is 11.2. The van der Waals surface area contributed by atoms with E-state index in [4.69, 9.17) is 0 Å². The number of nitrogens with zero attached hydrogens (tertiary/aromatic N) is 3. The standard InChI is InChI=1S/C10H20N4/c1-4-11-5-6-13(2)8-10-7-12-14(3)9-10/h7,9,11H,4-6,8H2,1-3H3. The number of nitrogens with one attached hydrogen (secondary N) is 1. The van der Waals surface area contributed by atoms with Gasteiger partial charge in [0.25, 0.3) is 0 Å². The molecule has 80 valence electrons. The molecule has 0 aliphatic rings. The van der Waals surface area contributed by atoms with Gasteiger partial charge in [-0.1, -0.05) is 6.92 Å². The summed E-state index contributed by atoms with van der Waals surface area (Å²) in [7, 11) is 4.08. The molecule has 0 saturated heterocycles. The number of hydrogen-bond donors (Lipinski definition) is 1. The predicted octanol–water partition coefficient (Wildman–Crippen LogP) is 0.461. The van der Waals surface area contributed by atoms with Crippen LogP contribution in [0.4, 0.5) is 0 Å². The van der Waals surface area contributed by atoms with E-state index in [2.05, 4.69) is 35.5 Å². The highest BCUT2D eigenvalue weighted by atomic mass is 15.2. The maximum Gasteiger partial charge on any atom is 0.0534 e. The van der Waals surface area contributed by atoms with Gasteiger partial charge >= 0.3 is 0 Å². The number of hydrogen-bond acceptors (Lipinski definition) is 3. The third-order valence-corrected chi connectivity index (χ3v) is 2.13. The van der Waals surface area contributed by atoms with E-state index >= 15 is 0 Å². The molecule has 1 aromatic heterocycles. The fraction of sp³-hybridized carbons (Fsp3) is 0.700. The number of aryl methyl sites for hydroxylation is 1. The van der Waals surface area contributed by atoms with Gasteiger partial charge in [0.05, 0.1) is 6.20 Å². The lowest BCUT2D eigenvalue weighted by Crippen LogP contribution is -2.28. The third kappa shape index (κ3) is 3.89. The molecule has 1 aromatic rings. The fourth-order valence-corrected chi connectivity index (χ4v) is 1.39. The van der Waals surface area contributed by atoms with E-state index < -0.39 is 0 Å². The van der Waals surface area contributed by atoms with Gasteiger partial charge in [-0.15, -0.1) is 0 Å². The molecular weight excluding hydrogens is 176 g/mol. The van der Waals surface area contributed by atoms with Crippen molar-refractivity contribution in [2.24, 2.45) is 7.05 Å². The molecule has 0 fully saturated rings.